The molecule has 38 heavy (non-hydrogen) atoms. The summed E-state index contributed by atoms with van der Waals surface area (Å²) in [6, 6.07) is 5.69. The van der Waals surface area contributed by atoms with E-state index in [1.807, 2.05) is 32.0 Å². The first-order valence-corrected chi connectivity index (χ1v) is 12.4. The van der Waals surface area contributed by atoms with E-state index in [9.17, 15) is 28.3 Å². The molecule has 0 bridgehead atoms. The molecule has 3 N–H and O–H groups in total. The number of carbonyl (C=O) groups is 3. The Morgan fingerprint density at radius 1 is 1.32 bits per heavy atom. The van der Waals surface area contributed by atoms with Crippen LogP contribution >= 0.6 is 0 Å². The van der Waals surface area contributed by atoms with E-state index in [1.54, 1.807) is 0 Å². The maximum Gasteiger partial charge on any atom is 0.273 e. The Balaban J connectivity index is 0.00000195. The highest BCUT2D eigenvalue weighted by molar-refractivity contribution is 5.99. The van der Waals surface area contributed by atoms with E-state index < -0.39 is 36.0 Å². The van der Waals surface area contributed by atoms with Gasteiger partial charge in [0.2, 0.25) is 5.91 Å². The lowest BCUT2D eigenvalue weighted by atomic mass is 9.99. The normalized spacial score (nSPS) is 20.1. The first kappa shape index (κ1) is 28.7. The van der Waals surface area contributed by atoms with E-state index in [1.165, 1.54) is 22.2 Å². The Bertz CT molecular complexity index is 1180. The number of halogens is 2. The molecule has 0 radical (unpaired) electrons. The number of aldehydes is 1. The monoisotopic (exact) mass is 530 g/mol. The van der Waals surface area contributed by atoms with E-state index in [-0.39, 0.29) is 37.4 Å². The highest BCUT2D eigenvalue weighted by Crippen LogP contribution is 2.27. The smallest absolute Gasteiger partial charge is 0.273 e. The minimum absolute atomic E-state index is 0.0415. The maximum absolute atomic E-state index is 13.8. The molecule has 11 heteroatoms. The molecule has 9 nitrogen and oxygen atoms in total. The Kier molecular flexibility index (Phi) is 10.3. The predicted octanol–water partition coefficient (Wildman–Crippen LogP) is 2.56. The summed E-state index contributed by atoms with van der Waals surface area (Å²) in [6.45, 7) is 4.24. The highest BCUT2D eigenvalue weighted by Gasteiger charge is 2.31. The maximum atomic E-state index is 13.8. The van der Waals surface area contributed by atoms with Crippen LogP contribution in [0.3, 0.4) is 0 Å². The van der Waals surface area contributed by atoms with Crippen molar-refractivity contribution in [2.45, 2.75) is 33.2 Å². The van der Waals surface area contributed by atoms with E-state index in [2.05, 4.69) is 10.7 Å². The van der Waals surface area contributed by atoms with Gasteiger partial charge in [-0.2, -0.15) is 0 Å². The summed E-state index contributed by atoms with van der Waals surface area (Å²) < 4.78 is 32.4. The fourth-order valence-corrected chi connectivity index (χ4v) is 4.12. The quantitative estimate of drug-likeness (QED) is 0.350. The van der Waals surface area contributed by atoms with Crippen LogP contribution in [0, 0.1) is 5.92 Å². The average molecular weight is 531 g/mol. The third kappa shape index (κ3) is 6.93. The van der Waals surface area contributed by atoms with Crippen LogP contribution in [0.25, 0.3) is 0 Å². The number of aliphatic hydroxyl groups excluding tert-OH is 1. The topological polar surface area (TPSA) is 111 Å². The van der Waals surface area contributed by atoms with Gasteiger partial charge < -0.3 is 20.1 Å². The lowest BCUT2D eigenvalue weighted by molar-refractivity contribution is -0.134. The van der Waals surface area contributed by atoms with Crippen molar-refractivity contribution in [1.82, 2.24) is 20.7 Å². The van der Waals surface area contributed by atoms with Crippen LogP contribution in [-0.4, -0.2) is 59.5 Å². The standard InChI is InChI=1S/C25H26F2N4O5.C2H6/c26-20-3-2-18(21(27)10-20)11-28-23(34)5-7-31-24(19(13-32)14-33)25(35)30(15-29-31)12-16-1-4-22-17(9-16)6-8-36-22;1-2/h1,3-5,7,9-10,13,18,29,33H,2,6,8,11-12,14-15H2,(H,28,34);1-2H3/b7-5+,24-19+;. The first-order valence-electron chi connectivity index (χ1n) is 12.4. The summed E-state index contributed by atoms with van der Waals surface area (Å²) in [7, 11) is 0. The van der Waals surface area contributed by atoms with Crippen LogP contribution in [-0.2, 0) is 27.3 Å². The highest BCUT2D eigenvalue weighted by atomic mass is 19.1. The van der Waals surface area contributed by atoms with Gasteiger partial charge in [0, 0.05) is 49.4 Å². The van der Waals surface area contributed by atoms with Crippen LogP contribution in [0.1, 0.15) is 31.4 Å². The molecule has 4 rings (SSSR count). The van der Waals surface area contributed by atoms with Gasteiger partial charge in [0.1, 0.15) is 23.1 Å². The zero-order chi connectivity index (χ0) is 27.7. The fourth-order valence-electron chi connectivity index (χ4n) is 4.12. The number of ether oxygens (including phenoxy) is 1. The molecule has 2 amide bonds. The number of rotatable bonds is 8. The molecule has 0 aromatic heterocycles. The molecule has 2 heterocycles. The van der Waals surface area contributed by atoms with E-state index >= 15 is 0 Å². The number of allylic oxidation sites excluding steroid dienone is 3. The Morgan fingerprint density at radius 3 is 2.82 bits per heavy atom. The molecule has 1 saturated heterocycles. The zero-order valence-electron chi connectivity index (χ0n) is 21.4. The van der Waals surface area contributed by atoms with Gasteiger partial charge in [-0.05, 0) is 29.7 Å². The molecular weight excluding hydrogens is 498 g/mol. The van der Waals surface area contributed by atoms with Gasteiger partial charge in [0.25, 0.3) is 5.91 Å². The first-order chi connectivity index (χ1) is 18.4. The summed E-state index contributed by atoms with van der Waals surface area (Å²) in [5, 5.41) is 13.4. The summed E-state index contributed by atoms with van der Waals surface area (Å²) in [5.74, 6) is -2.22. The van der Waals surface area contributed by atoms with Crippen molar-refractivity contribution in [2.24, 2.45) is 5.92 Å². The largest absolute Gasteiger partial charge is 0.493 e. The van der Waals surface area contributed by atoms with Gasteiger partial charge in [-0.25, -0.2) is 14.2 Å². The van der Waals surface area contributed by atoms with Crippen LogP contribution in [0.15, 0.2) is 65.6 Å². The van der Waals surface area contributed by atoms with Crippen LogP contribution in [0.5, 0.6) is 5.75 Å². The molecule has 3 aliphatic rings. The van der Waals surface area contributed by atoms with E-state index in [4.69, 9.17) is 4.74 Å². The second-order valence-corrected chi connectivity index (χ2v) is 8.49. The lowest BCUT2D eigenvalue weighted by Gasteiger charge is -2.37. The number of aliphatic hydroxyl groups is 1. The summed E-state index contributed by atoms with van der Waals surface area (Å²) >= 11 is 0. The number of hydrogen-bond acceptors (Lipinski definition) is 7. The second kappa shape index (κ2) is 13.6. The van der Waals surface area contributed by atoms with Gasteiger partial charge >= 0.3 is 0 Å². The van der Waals surface area contributed by atoms with Crippen molar-refractivity contribution in [2.75, 3.05) is 26.4 Å². The predicted molar refractivity (Wildman–Crippen MR) is 136 cm³/mol. The molecular formula is C27H32F2N4O5. The third-order valence-corrected chi connectivity index (χ3v) is 6.07. The van der Waals surface area contributed by atoms with Crippen LogP contribution in [0.4, 0.5) is 8.78 Å². The number of hydrazine groups is 1. The van der Waals surface area contributed by atoms with E-state index in [0.29, 0.717) is 12.9 Å². The number of amides is 2. The lowest BCUT2D eigenvalue weighted by Crippen LogP contribution is -2.54. The molecule has 1 atom stereocenters. The van der Waals surface area contributed by atoms with Gasteiger partial charge in [0.15, 0.2) is 6.29 Å². The number of hydrogen-bond donors (Lipinski definition) is 3. The SMILES string of the molecule is CC.O=C/C(CO)=C1/C(=O)N(Cc2ccc3c(c2)CCO3)CNN1/C=C/C(=O)NCC1CC=C(F)C=C1F. The molecule has 2 aliphatic heterocycles. The van der Waals surface area contributed by atoms with Crippen molar-refractivity contribution in [3.63, 3.8) is 0 Å². The Labute approximate surface area is 220 Å². The number of benzene rings is 1. The Hall–Kier alpha value is -3.83. The van der Waals surface area contributed by atoms with E-state index in [0.717, 1.165) is 35.4 Å². The minimum Gasteiger partial charge on any atom is -0.493 e. The molecule has 1 unspecified atom stereocenters. The summed E-state index contributed by atoms with van der Waals surface area (Å²) in [5.41, 5.74) is 4.61. The molecule has 1 fully saturated rings. The van der Waals surface area contributed by atoms with Gasteiger partial charge in [-0.15, -0.1) is 0 Å². The fraction of sp³-hybridized carbons (Fsp3) is 0.370. The molecule has 1 aromatic rings. The van der Waals surface area contributed by atoms with Gasteiger partial charge in [-0.1, -0.05) is 26.0 Å². The van der Waals surface area contributed by atoms with Crippen LogP contribution in [0.2, 0.25) is 0 Å². The molecule has 0 spiro atoms. The van der Waals surface area contributed by atoms with Gasteiger partial charge in [0.05, 0.1) is 19.9 Å². The molecule has 1 aromatic carbocycles. The number of nitrogens with one attached hydrogen (secondary N) is 2. The molecule has 204 valence electrons. The van der Waals surface area contributed by atoms with Gasteiger partial charge in [-0.3, -0.25) is 19.4 Å². The van der Waals surface area contributed by atoms with Crippen molar-refractivity contribution >= 4 is 18.1 Å². The van der Waals surface area contributed by atoms with Crippen molar-refractivity contribution in [1.29, 1.82) is 0 Å². The van der Waals surface area contributed by atoms with Crippen molar-refractivity contribution in [3.8, 4) is 5.75 Å². The summed E-state index contributed by atoms with van der Waals surface area (Å²) in [4.78, 5) is 38.5. The van der Waals surface area contributed by atoms with Crippen molar-refractivity contribution in [3.05, 3.63) is 76.7 Å². The third-order valence-electron chi connectivity index (χ3n) is 6.07. The second-order valence-electron chi connectivity index (χ2n) is 8.49. The number of nitrogens with zero attached hydrogens (tertiary/aromatic N) is 2. The zero-order valence-corrected chi connectivity index (χ0v) is 21.4. The summed E-state index contributed by atoms with van der Waals surface area (Å²) in [6.07, 6.45) is 5.69. The minimum atomic E-state index is -0.676. The number of fused-ring (bicyclic) bond motifs is 1. The van der Waals surface area contributed by atoms with Crippen molar-refractivity contribution < 1.29 is 33.0 Å². The Morgan fingerprint density at radius 2 is 2.11 bits per heavy atom. The molecule has 0 saturated carbocycles. The molecule has 1 aliphatic carbocycles. The van der Waals surface area contributed by atoms with Crippen LogP contribution < -0.4 is 15.5 Å². The number of carbonyl (C=O) groups excluding carboxylic acids is 3. The average Bonchev–Trinajstić information content (AvgIpc) is 3.39.